The summed E-state index contributed by atoms with van der Waals surface area (Å²) in [6.45, 7) is 2.25. The number of anilines is 1. The van der Waals surface area contributed by atoms with Gasteiger partial charge in [0.05, 0.1) is 36.1 Å². The van der Waals surface area contributed by atoms with Crippen LogP contribution in [0.1, 0.15) is 30.0 Å². The molecule has 0 radical (unpaired) electrons. The van der Waals surface area contributed by atoms with E-state index in [0.717, 1.165) is 42.7 Å². The van der Waals surface area contributed by atoms with E-state index in [1.807, 2.05) is 23.1 Å². The van der Waals surface area contributed by atoms with Crippen molar-refractivity contribution in [1.29, 1.82) is 0 Å². The molecule has 1 amide bonds. The number of aliphatic hydroxyl groups excluding tert-OH is 1. The van der Waals surface area contributed by atoms with Gasteiger partial charge in [-0.25, -0.2) is 9.97 Å². The summed E-state index contributed by atoms with van der Waals surface area (Å²) in [5.41, 5.74) is 3.63. The Morgan fingerprint density at radius 2 is 2.17 bits per heavy atom. The lowest BCUT2D eigenvalue weighted by Crippen LogP contribution is -2.35. The quantitative estimate of drug-likeness (QED) is 0.643. The molecule has 4 rings (SSSR count). The fraction of sp³-hybridized carbons (Fsp3) is 0.476. The average Bonchev–Trinajstić information content (AvgIpc) is 3.11. The van der Waals surface area contributed by atoms with Crippen molar-refractivity contribution in [3.8, 4) is 11.3 Å². The fourth-order valence-corrected chi connectivity index (χ4v) is 4.25. The van der Waals surface area contributed by atoms with Gasteiger partial charge in [0.25, 0.3) is 0 Å². The molecule has 160 valence electrons. The van der Waals surface area contributed by atoms with Crippen molar-refractivity contribution in [3.05, 3.63) is 40.5 Å². The van der Waals surface area contributed by atoms with Gasteiger partial charge in [-0.15, -0.1) is 0 Å². The van der Waals surface area contributed by atoms with Crippen LogP contribution in [0.15, 0.2) is 24.4 Å². The number of halogens is 1. The van der Waals surface area contributed by atoms with Crippen LogP contribution in [-0.4, -0.2) is 65.3 Å². The second-order valence-corrected chi connectivity index (χ2v) is 8.02. The third-order valence-electron chi connectivity index (χ3n) is 5.69. The predicted molar refractivity (Wildman–Crippen MR) is 114 cm³/mol. The molecule has 2 aliphatic rings. The lowest BCUT2D eigenvalue weighted by Gasteiger charge is -2.23. The molecular weight excluding hydrogens is 406 g/mol. The van der Waals surface area contributed by atoms with Crippen molar-refractivity contribution >= 4 is 23.5 Å². The van der Waals surface area contributed by atoms with E-state index in [4.69, 9.17) is 16.3 Å². The van der Waals surface area contributed by atoms with Gasteiger partial charge in [0.1, 0.15) is 0 Å². The molecule has 2 aliphatic heterocycles. The number of fused-ring (bicyclic) bond motifs is 1. The summed E-state index contributed by atoms with van der Waals surface area (Å²) in [5.74, 6) is 0.473. The Morgan fingerprint density at radius 3 is 2.90 bits per heavy atom. The highest BCUT2D eigenvalue weighted by molar-refractivity contribution is 6.32. The molecule has 0 aliphatic carbocycles. The molecule has 1 aromatic heterocycles. The van der Waals surface area contributed by atoms with Gasteiger partial charge in [-0.3, -0.25) is 9.69 Å². The van der Waals surface area contributed by atoms with E-state index in [1.165, 1.54) is 0 Å². The zero-order chi connectivity index (χ0) is 21.1. The first-order chi connectivity index (χ1) is 14.6. The molecule has 1 saturated heterocycles. The van der Waals surface area contributed by atoms with Gasteiger partial charge in [0.2, 0.25) is 11.9 Å². The maximum Gasteiger partial charge on any atom is 0.233 e. The van der Waals surface area contributed by atoms with Crippen molar-refractivity contribution < 1.29 is 14.6 Å². The van der Waals surface area contributed by atoms with Crippen molar-refractivity contribution in [3.63, 3.8) is 0 Å². The molecule has 0 spiro atoms. The highest BCUT2D eigenvalue weighted by Crippen LogP contribution is 2.36. The number of hydrogen-bond acceptors (Lipinski definition) is 7. The summed E-state index contributed by atoms with van der Waals surface area (Å²) in [4.78, 5) is 22.8. The normalized spacial score (nSPS) is 19.5. The minimum Gasteiger partial charge on any atom is -0.394 e. The molecule has 1 atom stereocenters. The van der Waals surface area contributed by atoms with E-state index in [1.54, 1.807) is 13.2 Å². The fourth-order valence-electron chi connectivity index (χ4n) is 4.05. The summed E-state index contributed by atoms with van der Waals surface area (Å²) >= 11 is 6.42. The SMILES string of the molecule is CNC(=O)CN1Cc2cc(-c3nc(NC4CCOCC4)ncc3Cl)ccc2C1CO. The summed E-state index contributed by atoms with van der Waals surface area (Å²) in [5, 5.41) is 16.3. The lowest BCUT2D eigenvalue weighted by molar-refractivity contribution is -0.122. The monoisotopic (exact) mass is 431 g/mol. The average molecular weight is 432 g/mol. The van der Waals surface area contributed by atoms with Crippen molar-refractivity contribution in [2.24, 2.45) is 0 Å². The van der Waals surface area contributed by atoms with Crippen LogP contribution < -0.4 is 10.6 Å². The van der Waals surface area contributed by atoms with Crippen LogP contribution in [0.25, 0.3) is 11.3 Å². The van der Waals surface area contributed by atoms with E-state index in [2.05, 4.69) is 20.6 Å². The molecular formula is C21H26ClN5O3. The maximum atomic E-state index is 11.8. The van der Waals surface area contributed by atoms with Gasteiger partial charge < -0.3 is 20.5 Å². The van der Waals surface area contributed by atoms with Crippen LogP contribution in [0.3, 0.4) is 0 Å². The van der Waals surface area contributed by atoms with Gasteiger partial charge in [0.15, 0.2) is 0 Å². The van der Waals surface area contributed by atoms with Gasteiger partial charge in [-0.05, 0) is 30.0 Å². The largest absolute Gasteiger partial charge is 0.394 e. The van der Waals surface area contributed by atoms with Gasteiger partial charge in [-0.1, -0.05) is 23.7 Å². The molecule has 0 bridgehead atoms. The van der Waals surface area contributed by atoms with E-state index < -0.39 is 0 Å². The minimum absolute atomic E-state index is 0.0449. The number of aliphatic hydroxyl groups is 1. The number of hydrogen-bond donors (Lipinski definition) is 3. The molecule has 0 saturated carbocycles. The molecule has 9 heteroatoms. The Hall–Kier alpha value is -2.26. The number of benzene rings is 1. The number of amides is 1. The number of carbonyl (C=O) groups is 1. The first-order valence-corrected chi connectivity index (χ1v) is 10.5. The Balaban J connectivity index is 1.58. The molecule has 1 aromatic carbocycles. The molecule has 1 unspecified atom stereocenters. The Morgan fingerprint density at radius 1 is 1.37 bits per heavy atom. The third kappa shape index (κ3) is 4.41. The number of nitrogens with zero attached hydrogens (tertiary/aromatic N) is 3. The van der Waals surface area contributed by atoms with Crippen molar-refractivity contribution in [1.82, 2.24) is 20.2 Å². The molecule has 3 N–H and O–H groups in total. The number of nitrogens with one attached hydrogen (secondary N) is 2. The van der Waals surface area contributed by atoms with Gasteiger partial charge in [0, 0.05) is 38.4 Å². The van der Waals surface area contributed by atoms with Crippen LogP contribution in [0.4, 0.5) is 5.95 Å². The number of rotatable bonds is 6. The number of likely N-dealkylation sites (N-methyl/N-ethyl adjacent to an activating group) is 1. The Bertz CT molecular complexity index is 920. The van der Waals surface area contributed by atoms with Gasteiger partial charge in [-0.2, -0.15) is 0 Å². The summed E-state index contributed by atoms with van der Waals surface area (Å²) < 4.78 is 5.40. The maximum absolute atomic E-state index is 11.8. The van der Waals surface area contributed by atoms with Crippen LogP contribution in [0.5, 0.6) is 0 Å². The number of ether oxygens (including phenoxy) is 1. The zero-order valence-corrected chi connectivity index (χ0v) is 17.7. The number of aromatic nitrogens is 2. The first-order valence-electron chi connectivity index (χ1n) is 10.1. The summed E-state index contributed by atoms with van der Waals surface area (Å²) in [7, 11) is 1.61. The smallest absolute Gasteiger partial charge is 0.233 e. The second kappa shape index (κ2) is 9.26. The van der Waals surface area contributed by atoms with Gasteiger partial charge >= 0.3 is 0 Å². The molecule has 2 aromatic rings. The molecule has 8 nitrogen and oxygen atoms in total. The molecule has 3 heterocycles. The van der Waals surface area contributed by atoms with Crippen molar-refractivity contribution in [2.45, 2.75) is 31.5 Å². The van der Waals surface area contributed by atoms with Crippen LogP contribution >= 0.6 is 11.6 Å². The number of carbonyl (C=O) groups excluding carboxylic acids is 1. The van der Waals surface area contributed by atoms with Crippen LogP contribution in [0.2, 0.25) is 5.02 Å². The Kier molecular flexibility index (Phi) is 6.48. The summed E-state index contributed by atoms with van der Waals surface area (Å²) in [6.07, 6.45) is 3.46. The van der Waals surface area contributed by atoms with Crippen LogP contribution in [-0.2, 0) is 16.1 Å². The minimum atomic E-state index is -0.196. The standard InChI is InChI=1S/C21H26ClN5O3/c1-23-19(29)11-27-10-14-8-13(2-3-16(14)18(27)12-28)20-17(22)9-24-21(26-20)25-15-4-6-30-7-5-15/h2-3,8-9,15,18,28H,4-7,10-12H2,1H3,(H,23,29)(H,24,25,26). The van der Waals surface area contributed by atoms with E-state index >= 15 is 0 Å². The zero-order valence-electron chi connectivity index (χ0n) is 16.9. The highest BCUT2D eigenvalue weighted by Gasteiger charge is 2.31. The Labute approximate surface area is 180 Å². The van der Waals surface area contributed by atoms with E-state index in [0.29, 0.717) is 23.2 Å². The van der Waals surface area contributed by atoms with Crippen LogP contribution in [0, 0.1) is 0 Å². The van der Waals surface area contributed by atoms with Crippen molar-refractivity contribution in [2.75, 3.05) is 38.7 Å². The third-order valence-corrected chi connectivity index (χ3v) is 5.96. The topological polar surface area (TPSA) is 99.6 Å². The second-order valence-electron chi connectivity index (χ2n) is 7.61. The highest BCUT2D eigenvalue weighted by atomic mass is 35.5. The molecule has 30 heavy (non-hydrogen) atoms. The van der Waals surface area contributed by atoms with E-state index in [9.17, 15) is 9.90 Å². The predicted octanol–water partition coefficient (Wildman–Crippen LogP) is 1.98. The first kappa shape index (κ1) is 21.0. The molecule has 1 fully saturated rings. The van der Waals surface area contributed by atoms with E-state index in [-0.39, 0.29) is 31.1 Å². The summed E-state index contributed by atoms with van der Waals surface area (Å²) in [6, 6.07) is 6.07. The lowest BCUT2D eigenvalue weighted by atomic mass is 10.0.